The Bertz CT molecular complexity index is 668. The Morgan fingerprint density at radius 2 is 1.75 bits per heavy atom. The molecule has 1 unspecified atom stereocenters. The van der Waals surface area contributed by atoms with Crippen molar-refractivity contribution in [2.45, 2.75) is 32.9 Å². The lowest BCUT2D eigenvalue weighted by Gasteiger charge is -2.35. The fraction of sp³-hybridized carbons (Fsp3) is 0.333. The van der Waals surface area contributed by atoms with E-state index in [1.165, 1.54) is 11.2 Å². The summed E-state index contributed by atoms with van der Waals surface area (Å²) in [5.41, 5.74) is 5.54. The molecule has 0 saturated carbocycles. The largest absolute Gasteiger partial charge is 0.467 e. The molecule has 1 heterocycles. The molecule has 128 valence electrons. The minimum atomic E-state index is -0.818. The number of nitrogens with two attached hydrogens (primary N) is 1. The third kappa shape index (κ3) is 3.95. The van der Waals surface area contributed by atoms with Crippen LogP contribution in [0.3, 0.4) is 0 Å². The maximum Gasteiger partial charge on any atom is 0.416 e. The lowest BCUT2D eigenvalue weighted by atomic mass is 10.00. The van der Waals surface area contributed by atoms with E-state index >= 15 is 0 Å². The van der Waals surface area contributed by atoms with Gasteiger partial charge in [0, 0.05) is 0 Å². The van der Waals surface area contributed by atoms with Crippen molar-refractivity contribution in [3.8, 4) is 5.75 Å². The summed E-state index contributed by atoms with van der Waals surface area (Å²) in [5.74, 6) is 0.176. The Morgan fingerprint density at radius 3 is 2.25 bits per heavy atom. The average Bonchev–Trinajstić information content (AvgIpc) is 3.06. The van der Waals surface area contributed by atoms with Gasteiger partial charge in [0.05, 0.1) is 12.3 Å². The smallest absolute Gasteiger partial charge is 0.416 e. The van der Waals surface area contributed by atoms with E-state index < -0.39 is 24.1 Å². The predicted octanol–water partition coefficient (Wildman–Crippen LogP) is 3.35. The molecule has 2 amide bonds. The molecular weight excluding hydrogens is 308 g/mol. The van der Waals surface area contributed by atoms with Crippen molar-refractivity contribution < 1.29 is 18.7 Å². The van der Waals surface area contributed by atoms with E-state index in [0.29, 0.717) is 11.5 Å². The molecule has 1 aromatic carbocycles. The van der Waals surface area contributed by atoms with Crippen LogP contribution in [0.25, 0.3) is 0 Å². The summed E-state index contributed by atoms with van der Waals surface area (Å²) in [5, 5.41) is 0. The first-order chi connectivity index (χ1) is 11.4. The average molecular weight is 330 g/mol. The van der Waals surface area contributed by atoms with Gasteiger partial charge in [0.25, 0.3) is 0 Å². The second-order valence-corrected chi connectivity index (χ2v) is 5.87. The van der Waals surface area contributed by atoms with Crippen LogP contribution in [0.1, 0.15) is 32.6 Å². The lowest BCUT2D eigenvalue weighted by molar-refractivity contribution is -0.125. The summed E-state index contributed by atoms with van der Waals surface area (Å²) in [6.07, 6.45) is 0.865. The summed E-state index contributed by atoms with van der Waals surface area (Å²) in [6, 6.07) is 10.8. The number of benzene rings is 1. The zero-order valence-corrected chi connectivity index (χ0v) is 14.0. The molecule has 0 saturated heterocycles. The van der Waals surface area contributed by atoms with E-state index in [1.807, 2.05) is 19.9 Å². The van der Waals surface area contributed by atoms with Gasteiger partial charge in [0.2, 0.25) is 5.91 Å². The standard InChI is InChI=1S/C18H22N2O4/c1-12(2)16(17(19)21)20(13(3)15-10-7-11-23-15)18(22)24-14-8-5-4-6-9-14/h4-13,16H,1-3H3,(H2,19,21)/t13?,16-/m0/s1. The van der Waals surface area contributed by atoms with Crippen molar-refractivity contribution in [3.63, 3.8) is 0 Å². The molecular formula is C18H22N2O4. The van der Waals surface area contributed by atoms with Gasteiger partial charge in [-0.2, -0.15) is 0 Å². The van der Waals surface area contributed by atoms with E-state index in [9.17, 15) is 9.59 Å². The highest BCUT2D eigenvalue weighted by Crippen LogP contribution is 2.27. The molecule has 24 heavy (non-hydrogen) atoms. The molecule has 0 aliphatic carbocycles. The van der Waals surface area contributed by atoms with Gasteiger partial charge >= 0.3 is 6.09 Å². The number of nitrogens with zero attached hydrogens (tertiary/aromatic N) is 1. The van der Waals surface area contributed by atoms with E-state index in [0.717, 1.165) is 0 Å². The van der Waals surface area contributed by atoms with Gasteiger partial charge in [-0.05, 0) is 37.1 Å². The molecule has 2 aromatic rings. The fourth-order valence-electron chi connectivity index (χ4n) is 2.61. The van der Waals surface area contributed by atoms with E-state index in [1.54, 1.807) is 43.3 Å². The highest BCUT2D eigenvalue weighted by molar-refractivity contribution is 5.85. The van der Waals surface area contributed by atoms with Crippen LogP contribution >= 0.6 is 0 Å². The predicted molar refractivity (Wildman–Crippen MR) is 89.2 cm³/mol. The molecule has 6 nitrogen and oxygen atoms in total. The maximum atomic E-state index is 12.8. The van der Waals surface area contributed by atoms with Gasteiger partial charge in [0.1, 0.15) is 17.6 Å². The first-order valence-electron chi connectivity index (χ1n) is 7.79. The molecule has 2 atom stereocenters. The van der Waals surface area contributed by atoms with Gasteiger partial charge in [-0.1, -0.05) is 32.0 Å². The Morgan fingerprint density at radius 1 is 1.08 bits per heavy atom. The number of para-hydroxylation sites is 1. The van der Waals surface area contributed by atoms with E-state index in [2.05, 4.69) is 0 Å². The van der Waals surface area contributed by atoms with Crippen LogP contribution in [0, 0.1) is 5.92 Å². The van der Waals surface area contributed by atoms with Crippen molar-refractivity contribution in [2.24, 2.45) is 11.7 Å². The van der Waals surface area contributed by atoms with Crippen LogP contribution in [0.15, 0.2) is 53.1 Å². The van der Waals surface area contributed by atoms with Gasteiger partial charge in [-0.15, -0.1) is 0 Å². The van der Waals surface area contributed by atoms with Crippen molar-refractivity contribution >= 4 is 12.0 Å². The fourth-order valence-corrected chi connectivity index (χ4v) is 2.61. The molecule has 0 aliphatic heterocycles. The van der Waals surface area contributed by atoms with E-state index in [4.69, 9.17) is 14.9 Å². The monoisotopic (exact) mass is 330 g/mol. The molecule has 2 rings (SSSR count). The zero-order chi connectivity index (χ0) is 17.7. The maximum absolute atomic E-state index is 12.8. The van der Waals surface area contributed by atoms with Crippen LogP contribution in [-0.2, 0) is 4.79 Å². The number of carbonyl (C=O) groups excluding carboxylic acids is 2. The van der Waals surface area contributed by atoms with Crippen LogP contribution in [0.2, 0.25) is 0 Å². The second-order valence-electron chi connectivity index (χ2n) is 5.87. The molecule has 0 fully saturated rings. The normalized spacial score (nSPS) is 13.3. The Balaban J connectivity index is 2.34. The summed E-state index contributed by atoms with van der Waals surface area (Å²) in [7, 11) is 0. The topological polar surface area (TPSA) is 85.8 Å². The van der Waals surface area contributed by atoms with Crippen LogP contribution < -0.4 is 10.5 Å². The minimum absolute atomic E-state index is 0.178. The summed E-state index contributed by atoms with van der Waals surface area (Å²) < 4.78 is 10.8. The molecule has 0 spiro atoms. The van der Waals surface area contributed by atoms with E-state index in [-0.39, 0.29) is 5.92 Å². The molecule has 1 aromatic heterocycles. The molecule has 0 aliphatic rings. The summed E-state index contributed by atoms with van der Waals surface area (Å²) in [6.45, 7) is 5.42. The first-order valence-corrected chi connectivity index (χ1v) is 7.79. The highest BCUT2D eigenvalue weighted by atomic mass is 16.6. The van der Waals surface area contributed by atoms with Gasteiger partial charge < -0.3 is 14.9 Å². The van der Waals surface area contributed by atoms with Crippen LogP contribution in [0.4, 0.5) is 4.79 Å². The first kappa shape index (κ1) is 17.6. The Labute approximate surface area is 141 Å². The van der Waals surface area contributed by atoms with Gasteiger partial charge in [-0.25, -0.2) is 4.79 Å². The molecule has 2 N–H and O–H groups in total. The molecule has 0 bridgehead atoms. The van der Waals surface area contributed by atoms with Crippen molar-refractivity contribution in [1.29, 1.82) is 0 Å². The van der Waals surface area contributed by atoms with Gasteiger partial charge in [-0.3, -0.25) is 9.69 Å². The van der Waals surface area contributed by atoms with Crippen molar-refractivity contribution in [2.75, 3.05) is 0 Å². The molecule has 6 heteroatoms. The Kier molecular flexibility index (Phi) is 5.63. The SMILES string of the molecule is CC(C)[C@@H](C(N)=O)N(C(=O)Oc1ccccc1)C(C)c1ccco1. The number of carbonyl (C=O) groups is 2. The highest BCUT2D eigenvalue weighted by Gasteiger charge is 2.37. The molecule has 0 radical (unpaired) electrons. The van der Waals surface area contributed by atoms with Crippen molar-refractivity contribution in [3.05, 3.63) is 54.5 Å². The number of amides is 2. The number of ether oxygens (including phenoxy) is 1. The zero-order valence-electron chi connectivity index (χ0n) is 14.0. The third-order valence-electron chi connectivity index (χ3n) is 3.75. The Hall–Kier alpha value is -2.76. The second kappa shape index (κ2) is 7.68. The van der Waals surface area contributed by atoms with Crippen LogP contribution in [-0.4, -0.2) is 22.9 Å². The van der Waals surface area contributed by atoms with Gasteiger partial charge in [0.15, 0.2) is 0 Å². The minimum Gasteiger partial charge on any atom is -0.467 e. The summed E-state index contributed by atoms with van der Waals surface area (Å²) in [4.78, 5) is 26.0. The van der Waals surface area contributed by atoms with Crippen LogP contribution in [0.5, 0.6) is 5.75 Å². The number of hydrogen-bond donors (Lipinski definition) is 1. The summed E-state index contributed by atoms with van der Waals surface area (Å²) >= 11 is 0. The number of primary amides is 1. The number of hydrogen-bond acceptors (Lipinski definition) is 4. The number of furan rings is 1. The third-order valence-corrected chi connectivity index (χ3v) is 3.75. The quantitative estimate of drug-likeness (QED) is 0.880. The number of rotatable bonds is 6. The van der Waals surface area contributed by atoms with Crippen molar-refractivity contribution in [1.82, 2.24) is 4.90 Å². The lowest BCUT2D eigenvalue weighted by Crippen LogP contribution is -2.52.